The molecule has 4 heterocycles. The summed E-state index contributed by atoms with van der Waals surface area (Å²) in [6.07, 6.45) is 10.2. The van der Waals surface area contributed by atoms with Crippen molar-refractivity contribution in [2.24, 2.45) is 0 Å². The van der Waals surface area contributed by atoms with Gasteiger partial charge in [0.15, 0.2) is 0 Å². The molecule has 0 N–H and O–H groups in total. The number of nitrogens with zero attached hydrogens (tertiary/aromatic N) is 3. The van der Waals surface area contributed by atoms with E-state index in [9.17, 15) is 0 Å². The van der Waals surface area contributed by atoms with Crippen LogP contribution in [-0.2, 0) is 24.7 Å². The largest absolute Gasteiger partial charge is 0.458 e. The molecule has 0 bridgehead atoms. The van der Waals surface area contributed by atoms with Gasteiger partial charge in [-0.25, -0.2) is 0 Å². The zero-order valence-corrected chi connectivity index (χ0v) is 41.2. The fraction of sp³-hybridized carbons (Fsp3) is 0.250. The Morgan fingerprint density at radius 2 is 0.942 bits per heavy atom. The van der Waals surface area contributed by atoms with Gasteiger partial charge in [0, 0.05) is 50.4 Å². The van der Waals surface area contributed by atoms with Crippen LogP contribution in [-0.4, -0.2) is 15.8 Å². The van der Waals surface area contributed by atoms with Crippen molar-refractivity contribution >= 4 is 83.8 Å². The highest BCUT2D eigenvalue weighted by molar-refractivity contribution is 6.99. The van der Waals surface area contributed by atoms with Crippen molar-refractivity contribution in [2.75, 3.05) is 4.90 Å². The van der Waals surface area contributed by atoms with Crippen molar-refractivity contribution in [1.82, 2.24) is 9.13 Å². The summed E-state index contributed by atoms with van der Waals surface area (Å²) >= 11 is 0. The van der Waals surface area contributed by atoms with Crippen molar-refractivity contribution < 1.29 is 4.74 Å². The first kappa shape index (κ1) is 43.3. The first-order chi connectivity index (χ1) is 33.7. The standard InChI is InChI=1S/C64H62BN3O/c1-7-10-21-42-36-43(22-11-8-2)63(44(37-42)23-12-9-3)68-58-40-46(66-54-28-17-13-24-48(54)49-25-14-18-29-55(49)66)32-34-52(58)65-53-35-33-47(67-56-30-19-15-26-50(56)51-27-16-20-31-57(51)67)41-60(53)69-61-39-45(64(4,5)6)38-59(68)62(61)65/h13-20,24-41H,7-12,21-23H2,1-6H3. The molecule has 0 unspecified atom stereocenters. The van der Waals surface area contributed by atoms with Crippen LogP contribution < -0.4 is 26.0 Å². The van der Waals surface area contributed by atoms with Gasteiger partial charge in [-0.3, -0.25) is 0 Å². The second-order valence-corrected chi connectivity index (χ2v) is 20.8. The molecule has 0 atom stereocenters. The van der Waals surface area contributed by atoms with Crippen molar-refractivity contribution in [3.05, 3.63) is 180 Å². The molecule has 0 radical (unpaired) electrons. The Morgan fingerprint density at radius 3 is 1.45 bits per heavy atom. The molecule has 10 aromatic rings. The van der Waals surface area contributed by atoms with Crippen molar-refractivity contribution in [1.29, 1.82) is 0 Å². The number of rotatable bonds is 12. The lowest BCUT2D eigenvalue weighted by atomic mass is 9.34. The normalized spacial score (nSPS) is 13.1. The third-order valence-corrected chi connectivity index (χ3v) is 15.3. The highest BCUT2D eigenvalue weighted by atomic mass is 16.5. The summed E-state index contributed by atoms with van der Waals surface area (Å²) in [5.41, 5.74) is 20.3. The van der Waals surface area contributed by atoms with E-state index in [1.807, 2.05) is 0 Å². The highest BCUT2D eigenvalue weighted by Gasteiger charge is 2.44. The van der Waals surface area contributed by atoms with E-state index in [2.05, 4.69) is 213 Å². The van der Waals surface area contributed by atoms with Gasteiger partial charge in [-0.15, -0.1) is 0 Å². The van der Waals surface area contributed by atoms with Crippen LogP contribution in [0.1, 0.15) is 102 Å². The number of hydrogen-bond donors (Lipinski definition) is 0. The summed E-state index contributed by atoms with van der Waals surface area (Å²) < 4.78 is 12.3. The lowest BCUT2D eigenvalue weighted by molar-refractivity contribution is 0.483. The van der Waals surface area contributed by atoms with Crippen LogP contribution in [0.4, 0.5) is 17.1 Å². The summed E-state index contributed by atoms with van der Waals surface area (Å²) in [5, 5.41) is 5.06. The number of anilines is 3. The van der Waals surface area contributed by atoms with E-state index in [1.165, 1.54) is 118 Å². The molecule has 2 aromatic heterocycles. The number of ether oxygens (including phenoxy) is 1. The zero-order valence-electron chi connectivity index (χ0n) is 41.2. The molecule has 342 valence electrons. The first-order valence-electron chi connectivity index (χ1n) is 25.8. The van der Waals surface area contributed by atoms with E-state index in [1.54, 1.807) is 0 Å². The van der Waals surface area contributed by atoms with Crippen LogP contribution in [0.3, 0.4) is 0 Å². The second kappa shape index (κ2) is 17.2. The maximum absolute atomic E-state index is 7.41. The van der Waals surface area contributed by atoms with Crippen LogP contribution in [0.25, 0.3) is 55.0 Å². The molecule has 0 fully saturated rings. The fourth-order valence-electron chi connectivity index (χ4n) is 11.8. The Balaban J connectivity index is 1.16. The van der Waals surface area contributed by atoms with Crippen LogP contribution in [0.2, 0.25) is 0 Å². The predicted octanol–water partition coefficient (Wildman–Crippen LogP) is 15.6. The molecule has 8 aromatic carbocycles. The third-order valence-electron chi connectivity index (χ3n) is 15.3. The second-order valence-electron chi connectivity index (χ2n) is 20.8. The Kier molecular flexibility index (Phi) is 10.8. The Bertz CT molecular complexity index is 3490. The van der Waals surface area contributed by atoms with Crippen molar-refractivity contribution in [3.8, 4) is 22.9 Å². The molecular formula is C64H62BN3O. The van der Waals surface area contributed by atoms with Gasteiger partial charge in [0.05, 0.1) is 27.8 Å². The molecule has 0 aliphatic carbocycles. The number of hydrogen-bond acceptors (Lipinski definition) is 2. The van der Waals surface area contributed by atoms with Crippen LogP contribution >= 0.6 is 0 Å². The minimum atomic E-state index is -0.133. The molecule has 2 aliphatic heterocycles. The minimum Gasteiger partial charge on any atom is -0.458 e. The molecule has 2 aliphatic rings. The number of aromatic nitrogens is 2. The number of para-hydroxylation sites is 4. The van der Waals surface area contributed by atoms with Crippen LogP contribution in [0.15, 0.2) is 158 Å². The minimum absolute atomic E-state index is 0.0413. The third kappa shape index (κ3) is 7.10. The molecule has 69 heavy (non-hydrogen) atoms. The van der Waals surface area contributed by atoms with Gasteiger partial charge in [0.1, 0.15) is 11.5 Å². The van der Waals surface area contributed by atoms with E-state index >= 15 is 0 Å². The molecule has 0 saturated carbocycles. The summed E-state index contributed by atoms with van der Waals surface area (Å²) in [4.78, 5) is 2.72. The Morgan fingerprint density at radius 1 is 0.464 bits per heavy atom. The van der Waals surface area contributed by atoms with Crippen molar-refractivity contribution in [2.45, 2.75) is 105 Å². The molecule has 4 nitrogen and oxygen atoms in total. The number of fused-ring (bicyclic) bond motifs is 10. The van der Waals surface area contributed by atoms with Gasteiger partial charge < -0.3 is 18.8 Å². The average molecular weight is 900 g/mol. The first-order valence-corrected chi connectivity index (χ1v) is 25.8. The zero-order chi connectivity index (χ0) is 47.0. The molecular weight excluding hydrogens is 838 g/mol. The summed E-state index contributed by atoms with van der Waals surface area (Å²) in [6, 6.07) is 59.8. The Hall–Kier alpha value is -6.98. The molecule has 0 saturated heterocycles. The van der Waals surface area contributed by atoms with Gasteiger partial charge in [0.25, 0.3) is 6.71 Å². The molecule has 12 rings (SSSR count). The van der Waals surface area contributed by atoms with Gasteiger partial charge >= 0.3 is 0 Å². The molecule has 5 heteroatoms. The fourth-order valence-corrected chi connectivity index (χ4v) is 11.8. The quantitative estimate of drug-likeness (QED) is 0.114. The number of unbranched alkanes of at least 4 members (excludes halogenated alkanes) is 3. The highest BCUT2D eigenvalue weighted by Crippen LogP contribution is 2.48. The van der Waals surface area contributed by atoms with Gasteiger partial charge in [-0.2, -0.15) is 0 Å². The summed E-state index contributed by atoms with van der Waals surface area (Å²) in [5.74, 6) is 1.88. The maximum atomic E-state index is 7.41. The topological polar surface area (TPSA) is 22.3 Å². The summed E-state index contributed by atoms with van der Waals surface area (Å²) in [7, 11) is 0. The number of aryl methyl sites for hydroxylation is 3. The average Bonchev–Trinajstić information content (AvgIpc) is 3.89. The Labute approximate surface area is 408 Å². The van der Waals surface area contributed by atoms with E-state index < -0.39 is 0 Å². The van der Waals surface area contributed by atoms with Gasteiger partial charge in [-0.05, 0) is 137 Å². The predicted molar refractivity (Wildman–Crippen MR) is 296 cm³/mol. The van der Waals surface area contributed by atoms with E-state index in [0.717, 1.165) is 62.1 Å². The smallest absolute Gasteiger partial charge is 0.256 e. The lowest BCUT2D eigenvalue weighted by Gasteiger charge is -2.42. The van der Waals surface area contributed by atoms with Crippen LogP contribution in [0, 0.1) is 0 Å². The number of benzene rings is 8. The summed E-state index contributed by atoms with van der Waals surface area (Å²) in [6.45, 7) is 14.0. The van der Waals surface area contributed by atoms with Gasteiger partial charge in [0.2, 0.25) is 0 Å². The lowest BCUT2D eigenvalue weighted by Crippen LogP contribution is -2.59. The van der Waals surface area contributed by atoms with Crippen LogP contribution in [0.5, 0.6) is 11.5 Å². The maximum Gasteiger partial charge on any atom is 0.256 e. The molecule has 0 spiro atoms. The van der Waals surface area contributed by atoms with Gasteiger partial charge in [-0.1, -0.05) is 158 Å². The van der Waals surface area contributed by atoms with Crippen molar-refractivity contribution in [3.63, 3.8) is 0 Å². The van der Waals surface area contributed by atoms with E-state index in [4.69, 9.17) is 4.74 Å². The van der Waals surface area contributed by atoms with E-state index in [0.29, 0.717) is 0 Å². The SMILES string of the molecule is CCCCc1cc(CCCC)c(N2c3cc(-n4c5ccccc5c5ccccc54)ccc3B3c4ccc(-n5c6ccccc6c6ccccc65)cc4Oc4cc(C(C)(C)C)cc2c43)c(CCCC)c1. The van der Waals surface area contributed by atoms with E-state index in [-0.39, 0.29) is 12.1 Å². The monoisotopic (exact) mass is 899 g/mol. The molecule has 0 amide bonds.